The molecule has 0 unspecified atom stereocenters. The molecule has 0 fully saturated rings. The Morgan fingerprint density at radius 2 is 1.00 bits per heavy atom. The second-order valence-electron chi connectivity index (χ2n) is 7.14. The molecule has 25 heavy (non-hydrogen) atoms. The minimum atomic E-state index is 0.152. The van der Waals surface area contributed by atoms with Crippen molar-refractivity contribution in [1.29, 1.82) is 0 Å². The van der Waals surface area contributed by atoms with Gasteiger partial charge in [-0.05, 0) is 12.8 Å². The zero-order valence-corrected chi connectivity index (χ0v) is 16.9. The summed E-state index contributed by atoms with van der Waals surface area (Å²) in [6.07, 6.45) is 17.5. The van der Waals surface area contributed by atoms with E-state index in [4.69, 9.17) is 14.9 Å². The molecule has 0 radical (unpaired) electrons. The summed E-state index contributed by atoms with van der Waals surface area (Å²) in [5, 5.41) is 17.9. The first-order chi connectivity index (χ1) is 12.3. The van der Waals surface area contributed by atoms with Crippen molar-refractivity contribution in [2.45, 2.75) is 90.4 Å². The number of hydrogen-bond acceptors (Lipinski definition) is 4. The molecule has 4 nitrogen and oxygen atoms in total. The van der Waals surface area contributed by atoms with E-state index in [1.54, 1.807) is 0 Å². The zero-order chi connectivity index (χ0) is 18.4. The lowest BCUT2D eigenvalue weighted by atomic mass is 10.1. The maximum atomic E-state index is 8.94. The van der Waals surface area contributed by atoms with Crippen LogP contribution in [-0.4, -0.2) is 61.2 Å². The highest BCUT2D eigenvalue weighted by Gasteiger charge is 2.02. The van der Waals surface area contributed by atoms with Crippen LogP contribution in [0.1, 0.15) is 90.4 Å². The number of nitrogens with zero attached hydrogens (tertiary/aromatic N) is 1. The number of hydrogen-bond donors (Lipinski definition) is 2. The largest absolute Gasteiger partial charge is 0.395 e. The molecule has 0 heterocycles. The molecule has 0 aromatic carbocycles. The van der Waals surface area contributed by atoms with Gasteiger partial charge in [-0.15, -0.1) is 0 Å². The van der Waals surface area contributed by atoms with Crippen molar-refractivity contribution in [2.75, 3.05) is 46.1 Å². The van der Waals surface area contributed by atoms with Crippen LogP contribution >= 0.6 is 0 Å². The first-order valence-electron chi connectivity index (χ1n) is 10.9. The second kappa shape index (κ2) is 21.9. The van der Waals surface area contributed by atoms with Gasteiger partial charge in [0.25, 0.3) is 0 Å². The third kappa shape index (κ3) is 20.0. The van der Waals surface area contributed by atoms with E-state index in [0.717, 1.165) is 26.2 Å². The molecule has 4 heteroatoms. The van der Waals surface area contributed by atoms with Gasteiger partial charge in [0.15, 0.2) is 0 Å². The summed E-state index contributed by atoms with van der Waals surface area (Å²) in [6.45, 7) is 6.40. The summed E-state index contributed by atoms with van der Waals surface area (Å²) in [5.41, 5.74) is 0. The molecule has 0 rings (SSSR count). The van der Waals surface area contributed by atoms with E-state index in [0.29, 0.717) is 13.1 Å². The number of unbranched alkanes of at least 4 members (excludes halogenated alkanes) is 11. The average molecular weight is 360 g/mol. The summed E-state index contributed by atoms with van der Waals surface area (Å²) in [7, 11) is 0. The van der Waals surface area contributed by atoms with E-state index in [1.165, 1.54) is 77.0 Å². The van der Waals surface area contributed by atoms with E-state index in [1.807, 2.05) is 0 Å². The van der Waals surface area contributed by atoms with E-state index < -0.39 is 0 Å². The molecule has 152 valence electrons. The van der Waals surface area contributed by atoms with Crippen molar-refractivity contribution < 1.29 is 14.9 Å². The number of aliphatic hydroxyl groups excluding tert-OH is 2. The summed E-state index contributed by atoms with van der Waals surface area (Å²) >= 11 is 0. The molecule has 2 N–H and O–H groups in total. The highest BCUT2D eigenvalue weighted by Crippen LogP contribution is 2.11. The lowest BCUT2D eigenvalue weighted by Gasteiger charge is -2.19. The third-order valence-corrected chi connectivity index (χ3v) is 4.74. The van der Waals surface area contributed by atoms with Crippen LogP contribution in [0.5, 0.6) is 0 Å². The lowest BCUT2D eigenvalue weighted by molar-refractivity contribution is 0.107. The molecular formula is C21H45NO3. The van der Waals surface area contributed by atoms with Crippen molar-refractivity contribution in [1.82, 2.24) is 4.90 Å². The Balaban J connectivity index is 3.13. The SMILES string of the molecule is CCCCCCCCCCCCCCOCCCN(CCO)CCO. The summed E-state index contributed by atoms with van der Waals surface area (Å²) < 4.78 is 5.68. The topological polar surface area (TPSA) is 52.9 Å². The molecule has 0 aliphatic heterocycles. The number of ether oxygens (including phenoxy) is 1. The first-order valence-corrected chi connectivity index (χ1v) is 10.9. The quantitative estimate of drug-likeness (QED) is 0.299. The molecule has 0 aliphatic carbocycles. The van der Waals surface area contributed by atoms with Crippen LogP contribution in [0.4, 0.5) is 0 Å². The Morgan fingerprint density at radius 3 is 1.48 bits per heavy atom. The summed E-state index contributed by atoms with van der Waals surface area (Å²) in [6, 6.07) is 0. The van der Waals surface area contributed by atoms with Gasteiger partial charge in [-0.1, -0.05) is 77.6 Å². The van der Waals surface area contributed by atoms with Gasteiger partial charge in [0.05, 0.1) is 13.2 Å². The molecule has 0 saturated heterocycles. The fourth-order valence-corrected chi connectivity index (χ4v) is 3.16. The fourth-order valence-electron chi connectivity index (χ4n) is 3.16. The maximum absolute atomic E-state index is 8.94. The van der Waals surface area contributed by atoms with Gasteiger partial charge in [-0.25, -0.2) is 0 Å². The average Bonchev–Trinajstić information content (AvgIpc) is 2.61. The van der Waals surface area contributed by atoms with Crippen molar-refractivity contribution >= 4 is 0 Å². The Hall–Kier alpha value is -0.160. The van der Waals surface area contributed by atoms with Gasteiger partial charge in [0, 0.05) is 32.8 Å². The van der Waals surface area contributed by atoms with Crippen LogP contribution in [0, 0.1) is 0 Å². The van der Waals surface area contributed by atoms with Crippen LogP contribution in [0.2, 0.25) is 0 Å². The monoisotopic (exact) mass is 359 g/mol. The van der Waals surface area contributed by atoms with E-state index in [2.05, 4.69) is 11.8 Å². The van der Waals surface area contributed by atoms with E-state index in [-0.39, 0.29) is 13.2 Å². The minimum Gasteiger partial charge on any atom is -0.395 e. The van der Waals surface area contributed by atoms with Crippen LogP contribution in [0.25, 0.3) is 0 Å². The fraction of sp³-hybridized carbons (Fsp3) is 1.00. The zero-order valence-electron chi connectivity index (χ0n) is 16.9. The number of aliphatic hydroxyl groups is 2. The van der Waals surface area contributed by atoms with Crippen molar-refractivity contribution in [2.24, 2.45) is 0 Å². The van der Waals surface area contributed by atoms with Gasteiger partial charge in [-0.3, -0.25) is 4.90 Å². The van der Waals surface area contributed by atoms with Gasteiger partial charge in [-0.2, -0.15) is 0 Å². The first kappa shape index (κ1) is 24.8. The molecule has 0 aliphatic rings. The molecule has 0 amide bonds. The molecule has 0 spiro atoms. The molecule has 0 atom stereocenters. The van der Waals surface area contributed by atoms with Gasteiger partial charge in [0.2, 0.25) is 0 Å². The predicted octanol–water partition coefficient (Wildman–Crippen LogP) is 4.38. The smallest absolute Gasteiger partial charge is 0.0558 e. The van der Waals surface area contributed by atoms with Crippen molar-refractivity contribution in [3.63, 3.8) is 0 Å². The highest BCUT2D eigenvalue weighted by atomic mass is 16.5. The van der Waals surface area contributed by atoms with Gasteiger partial charge in [0.1, 0.15) is 0 Å². The Morgan fingerprint density at radius 1 is 0.560 bits per heavy atom. The van der Waals surface area contributed by atoms with Gasteiger partial charge >= 0.3 is 0 Å². The Bertz CT molecular complexity index is 233. The van der Waals surface area contributed by atoms with E-state index >= 15 is 0 Å². The molecule has 0 aromatic rings. The molecule has 0 saturated carbocycles. The minimum absolute atomic E-state index is 0.152. The van der Waals surface area contributed by atoms with Crippen LogP contribution < -0.4 is 0 Å². The predicted molar refractivity (Wildman–Crippen MR) is 107 cm³/mol. The standard InChI is InChI=1S/C21H45NO3/c1-2-3-4-5-6-7-8-9-10-11-12-13-20-25-21-14-15-22(16-18-23)17-19-24/h23-24H,2-21H2,1H3. The normalized spacial score (nSPS) is 11.5. The third-order valence-electron chi connectivity index (χ3n) is 4.74. The molecular weight excluding hydrogens is 314 g/mol. The summed E-state index contributed by atoms with van der Waals surface area (Å²) in [5.74, 6) is 0. The Kier molecular flexibility index (Phi) is 21.7. The second-order valence-corrected chi connectivity index (χ2v) is 7.14. The van der Waals surface area contributed by atoms with Crippen LogP contribution in [-0.2, 0) is 4.74 Å². The van der Waals surface area contributed by atoms with Gasteiger partial charge < -0.3 is 14.9 Å². The van der Waals surface area contributed by atoms with Crippen LogP contribution in [0.15, 0.2) is 0 Å². The molecule has 0 aromatic heterocycles. The summed E-state index contributed by atoms with van der Waals surface area (Å²) in [4.78, 5) is 2.08. The van der Waals surface area contributed by atoms with Crippen molar-refractivity contribution in [3.05, 3.63) is 0 Å². The van der Waals surface area contributed by atoms with E-state index in [9.17, 15) is 0 Å². The highest BCUT2D eigenvalue weighted by molar-refractivity contribution is 4.56. The van der Waals surface area contributed by atoms with Crippen molar-refractivity contribution in [3.8, 4) is 0 Å². The van der Waals surface area contributed by atoms with Crippen LogP contribution in [0.3, 0.4) is 0 Å². The lowest BCUT2D eigenvalue weighted by Crippen LogP contribution is -2.31. The maximum Gasteiger partial charge on any atom is 0.0558 e. The number of rotatable bonds is 21. The Labute approximate surface area is 156 Å². The molecule has 0 bridgehead atoms.